The summed E-state index contributed by atoms with van der Waals surface area (Å²) >= 11 is 1.53. The number of carbonyl (C=O) groups is 1. The quantitative estimate of drug-likeness (QED) is 0.698. The second-order valence-electron chi connectivity index (χ2n) is 3.22. The lowest BCUT2D eigenvalue weighted by molar-refractivity contribution is 0.262. The molecule has 16 heavy (non-hydrogen) atoms. The lowest BCUT2D eigenvalue weighted by Crippen LogP contribution is -2.18. The Labute approximate surface area is 97.1 Å². The Morgan fingerprint density at radius 1 is 1.19 bits per heavy atom. The summed E-state index contributed by atoms with van der Waals surface area (Å²) in [6, 6.07) is 8.60. The van der Waals surface area contributed by atoms with Crippen molar-refractivity contribution in [1.82, 2.24) is 0 Å². The van der Waals surface area contributed by atoms with Crippen LogP contribution in [0.2, 0.25) is 0 Å². The number of nitrogens with one attached hydrogen (secondary N) is 2. The number of hydrogen-bond acceptors (Lipinski definition) is 3. The van der Waals surface area contributed by atoms with Gasteiger partial charge < -0.3 is 16.4 Å². The number of anilines is 3. The Morgan fingerprint density at radius 3 is 2.69 bits per heavy atom. The number of nitrogen functional groups attached to an aromatic ring is 1. The predicted octanol–water partition coefficient (Wildman–Crippen LogP) is 2.97. The zero-order valence-electron chi connectivity index (χ0n) is 8.44. The summed E-state index contributed by atoms with van der Waals surface area (Å²) in [6.07, 6.45) is 0. The molecule has 0 aliphatic heterocycles. The standard InChI is InChI=1S/C11H11N3OS/c12-8-2-1-3-9(6-8)13-11(15)14-10-4-5-16-7-10/h1-7H,12H2,(H2,13,14,15). The molecule has 0 aliphatic carbocycles. The van der Waals surface area contributed by atoms with E-state index >= 15 is 0 Å². The van der Waals surface area contributed by atoms with Crippen LogP contribution in [0.5, 0.6) is 0 Å². The summed E-state index contributed by atoms with van der Waals surface area (Å²) in [7, 11) is 0. The van der Waals surface area contributed by atoms with Crippen molar-refractivity contribution >= 4 is 34.4 Å². The Balaban J connectivity index is 1.97. The van der Waals surface area contributed by atoms with Gasteiger partial charge in [0.1, 0.15) is 0 Å². The van der Waals surface area contributed by atoms with Crippen molar-refractivity contribution in [2.24, 2.45) is 0 Å². The highest BCUT2D eigenvalue weighted by atomic mass is 32.1. The van der Waals surface area contributed by atoms with Crippen LogP contribution in [-0.2, 0) is 0 Å². The fourth-order valence-electron chi connectivity index (χ4n) is 1.25. The van der Waals surface area contributed by atoms with E-state index in [4.69, 9.17) is 5.73 Å². The molecule has 1 aromatic heterocycles. The van der Waals surface area contributed by atoms with Crippen molar-refractivity contribution in [2.45, 2.75) is 0 Å². The lowest BCUT2D eigenvalue weighted by atomic mass is 10.3. The van der Waals surface area contributed by atoms with Crippen molar-refractivity contribution in [3.63, 3.8) is 0 Å². The van der Waals surface area contributed by atoms with Crippen LogP contribution in [-0.4, -0.2) is 6.03 Å². The molecule has 1 aromatic carbocycles. The molecule has 0 saturated heterocycles. The number of thiophene rings is 1. The van der Waals surface area contributed by atoms with Crippen LogP contribution in [0.1, 0.15) is 0 Å². The van der Waals surface area contributed by atoms with Gasteiger partial charge in [-0.05, 0) is 29.6 Å². The molecule has 0 bridgehead atoms. The van der Waals surface area contributed by atoms with Crippen molar-refractivity contribution in [3.8, 4) is 0 Å². The van der Waals surface area contributed by atoms with Gasteiger partial charge in [-0.1, -0.05) is 6.07 Å². The number of rotatable bonds is 2. The monoisotopic (exact) mass is 233 g/mol. The lowest BCUT2D eigenvalue weighted by Gasteiger charge is -2.06. The van der Waals surface area contributed by atoms with Crippen LogP contribution in [0, 0.1) is 0 Å². The maximum absolute atomic E-state index is 11.5. The van der Waals surface area contributed by atoms with Gasteiger partial charge in [-0.15, -0.1) is 0 Å². The molecule has 0 saturated carbocycles. The molecule has 2 amide bonds. The zero-order chi connectivity index (χ0) is 11.4. The molecule has 0 atom stereocenters. The minimum atomic E-state index is -0.274. The average Bonchev–Trinajstić information content (AvgIpc) is 2.70. The van der Waals surface area contributed by atoms with Gasteiger partial charge >= 0.3 is 6.03 Å². The van der Waals surface area contributed by atoms with Crippen molar-refractivity contribution in [3.05, 3.63) is 41.1 Å². The van der Waals surface area contributed by atoms with Gasteiger partial charge in [-0.3, -0.25) is 0 Å². The molecule has 0 radical (unpaired) electrons. The largest absolute Gasteiger partial charge is 0.399 e. The summed E-state index contributed by atoms with van der Waals surface area (Å²) in [6.45, 7) is 0. The number of urea groups is 1. The molecule has 82 valence electrons. The fraction of sp³-hybridized carbons (Fsp3) is 0. The summed E-state index contributed by atoms with van der Waals surface area (Å²) < 4.78 is 0. The maximum Gasteiger partial charge on any atom is 0.323 e. The maximum atomic E-state index is 11.5. The summed E-state index contributed by atoms with van der Waals surface area (Å²) in [5.74, 6) is 0. The Hall–Kier alpha value is -2.01. The molecular formula is C11H11N3OS. The third-order valence-corrected chi connectivity index (χ3v) is 2.61. The van der Waals surface area contributed by atoms with Crippen LogP contribution in [0.15, 0.2) is 41.1 Å². The van der Waals surface area contributed by atoms with E-state index < -0.39 is 0 Å². The number of amides is 2. The Bertz CT molecular complexity index is 482. The van der Waals surface area contributed by atoms with E-state index in [1.54, 1.807) is 24.3 Å². The molecule has 5 heteroatoms. The first-order valence-electron chi connectivity index (χ1n) is 4.70. The second-order valence-corrected chi connectivity index (χ2v) is 4.00. The molecular weight excluding hydrogens is 222 g/mol. The van der Waals surface area contributed by atoms with Gasteiger partial charge in [0.05, 0.1) is 5.69 Å². The van der Waals surface area contributed by atoms with E-state index in [0.29, 0.717) is 11.4 Å². The fourth-order valence-corrected chi connectivity index (χ4v) is 1.83. The van der Waals surface area contributed by atoms with Crippen LogP contribution in [0.4, 0.5) is 21.9 Å². The second kappa shape index (κ2) is 4.67. The first-order chi connectivity index (χ1) is 7.74. The highest BCUT2D eigenvalue weighted by Crippen LogP contribution is 2.14. The molecule has 4 nitrogen and oxygen atoms in total. The minimum absolute atomic E-state index is 0.274. The topological polar surface area (TPSA) is 67.1 Å². The molecule has 0 unspecified atom stereocenters. The number of benzene rings is 1. The van der Waals surface area contributed by atoms with E-state index in [1.807, 2.05) is 16.8 Å². The van der Waals surface area contributed by atoms with Crippen molar-refractivity contribution in [2.75, 3.05) is 16.4 Å². The normalized spacial score (nSPS) is 9.75. The smallest absolute Gasteiger partial charge is 0.323 e. The molecule has 1 heterocycles. The van der Waals surface area contributed by atoms with Crippen molar-refractivity contribution < 1.29 is 4.79 Å². The van der Waals surface area contributed by atoms with Gasteiger partial charge in [0.2, 0.25) is 0 Å². The van der Waals surface area contributed by atoms with Gasteiger partial charge in [0.15, 0.2) is 0 Å². The highest BCUT2D eigenvalue weighted by molar-refractivity contribution is 7.08. The number of hydrogen-bond donors (Lipinski definition) is 3. The van der Waals surface area contributed by atoms with Crippen LogP contribution in [0.25, 0.3) is 0 Å². The molecule has 0 fully saturated rings. The van der Waals surface area contributed by atoms with Gasteiger partial charge in [-0.2, -0.15) is 11.3 Å². The number of carbonyl (C=O) groups excluding carboxylic acids is 1. The summed E-state index contributed by atoms with van der Waals surface area (Å²) in [5, 5.41) is 9.16. The third kappa shape index (κ3) is 2.74. The average molecular weight is 233 g/mol. The van der Waals surface area contributed by atoms with Crippen molar-refractivity contribution in [1.29, 1.82) is 0 Å². The zero-order valence-corrected chi connectivity index (χ0v) is 9.25. The van der Waals surface area contributed by atoms with Gasteiger partial charge in [-0.25, -0.2) is 4.79 Å². The minimum Gasteiger partial charge on any atom is -0.399 e. The van der Waals surface area contributed by atoms with E-state index in [1.165, 1.54) is 11.3 Å². The first-order valence-corrected chi connectivity index (χ1v) is 5.64. The Kier molecular flexibility index (Phi) is 3.07. The third-order valence-electron chi connectivity index (χ3n) is 1.92. The SMILES string of the molecule is Nc1cccc(NC(=O)Nc2ccsc2)c1. The van der Waals surface area contributed by atoms with E-state index in [2.05, 4.69) is 10.6 Å². The van der Waals surface area contributed by atoms with E-state index in [0.717, 1.165) is 5.69 Å². The molecule has 4 N–H and O–H groups in total. The first kappa shape index (κ1) is 10.5. The van der Waals surface area contributed by atoms with E-state index in [-0.39, 0.29) is 6.03 Å². The van der Waals surface area contributed by atoms with Gasteiger partial charge in [0.25, 0.3) is 0 Å². The van der Waals surface area contributed by atoms with Crippen LogP contribution < -0.4 is 16.4 Å². The summed E-state index contributed by atoms with van der Waals surface area (Å²) in [4.78, 5) is 11.5. The van der Waals surface area contributed by atoms with E-state index in [9.17, 15) is 4.79 Å². The summed E-state index contributed by atoms with van der Waals surface area (Å²) in [5.41, 5.74) is 7.68. The molecule has 0 aliphatic rings. The number of nitrogens with two attached hydrogens (primary N) is 1. The highest BCUT2D eigenvalue weighted by Gasteiger charge is 2.02. The molecule has 2 aromatic rings. The predicted molar refractivity (Wildman–Crippen MR) is 67.8 cm³/mol. The Morgan fingerprint density at radius 2 is 2.00 bits per heavy atom. The van der Waals surface area contributed by atoms with Gasteiger partial charge in [0, 0.05) is 16.8 Å². The molecule has 2 rings (SSSR count). The van der Waals surface area contributed by atoms with Crippen LogP contribution >= 0.6 is 11.3 Å². The van der Waals surface area contributed by atoms with Crippen LogP contribution in [0.3, 0.4) is 0 Å². The molecule has 0 spiro atoms.